The molecule has 3 nitrogen and oxygen atoms in total. The van der Waals surface area contributed by atoms with Crippen LogP contribution in [0.3, 0.4) is 0 Å². The van der Waals surface area contributed by atoms with Gasteiger partial charge < -0.3 is 10.4 Å². The van der Waals surface area contributed by atoms with Crippen molar-refractivity contribution in [3.63, 3.8) is 0 Å². The second-order valence-electron chi connectivity index (χ2n) is 4.34. The van der Waals surface area contributed by atoms with Crippen LogP contribution in [0.5, 0.6) is 0 Å². The Morgan fingerprint density at radius 1 is 1.47 bits per heavy atom. The van der Waals surface area contributed by atoms with Gasteiger partial charge in [0.2, 0.25) is 0 Å². The van der Waals surface area contributed by atoms with Crippen molar-refractivity contribution in [2.75, 3.05) is 18.1 Å². The van der Waals surface area contributed by atoms with E-state index in [1.807, 2.05) is 42.1 Å². The molecule has 1 aromatic carbocycles. The maximum absolute atomic E-state index is 10.9. The summed E-state index contributed by atoms with van der Waals surface area (Å²) >= 11 is 1.85. The van der Waals surface area contributed by atoms with Gasteiger partial charge in [0, 0.05) is 24.6 Å². The van der Waals surface area contributed by atoms with Gasteiger partial charge in [-0.05, 0) is 18.1 Å². The van der Waals surface area contributed by atoms with Crippen molar-refractivity contribution in [1.29, 1.82) is 0 Å². The molecule has 0 aliphatic rings. The van der Waals surface area contributed by atoms with Crippen LogP contribution in [0.1, 0.15) is 24.0 Å². The van der Waals surface area contributed by atoms with E-state index in [0.717, 1.165) is 30.2 Å². The van der Waals surface area contributed by atoms with Crippen LogP contribution >= 0.6 is 11.8 Å². The predicted octanol–water partition coefficient (Wildman–Crippen LogP) is 2.88. The standard InChI is InChI=1S/C15H21NO2S/c1-3-9-19-10-8-16-11-13-4-6-14(7-5-13)12(2)15(17)18/h3-7,12,16H,1,8-11H2,2H3,(H,17,18). The molecule has 1 rings (SSSR count). The van der Waals surface area contributed by atoms with Gasteiger partial charge in [0.1, 0.15) is 0 Å². The lowest BCUT2D eigenvalue weighted by Gasteiger charge is -2.08. The Morgan fingerprint density at radius 2 is 2.16 bits per heavy atom. The van der Waals surface area contributed by atoms with E-state index >= 15 is 0 Å². The molecule has 1 unspecified atom stereocenters. The van der Waals surface area contributed by atoms with Crippen molar-refractivity contribution in [3.05, 3.63) is 48.0 Å². The summed E-state index contributed by atoms with van der Waals surface area (Å²) in [5, 5.41) is 12.3. The van der Waals surface area contributed by atoms with E-state index in [1.54, 1.807) is 6.92 Å². The normalized spacial score (nSPS) is 12.1. The van der Waals surface area contributed by atoms with Crippen LogP contribution in [0.4, 0.5) is 0 Å². The van der Waals surface area contributed by atoms with Crippen LogP contribution < -0.4 is 5.32 Å². The molecule has 19 heavy (non-hydrogen) atoms. The zero-order valence-corrected chi connectivity index (χ0v) is 12.1. The third kappa shape index (κ3) is 5.94. The Morgan fingerprint density at radius 3 is 2.74 bits per heavy atom. The number of benzene rings is 1. The number of carbonyl (C=O) groups is 1. The van der Waals surface area contributed by atoms with Crippen LogP contribution in [0.2, 0.25) is 0 Å². The first-order valence-corrected chi connectivity index (χ1v) is 7.51. The second-order valence-corrected chi connectivity index (χ2v) is 5.49. The van der Waals surface area contributed by atoms with Crippen molar-refractivity contribution in [3.8, 4) is 0 Å². The Bertz CT molecular complexity index is 403. The molecule has 0 saturated heterocycles. The van der Waals surface area contributed by atoms with Crippen LogP contribution in [0, 0.1) is 0 Å². The first-order valence-electron chi connectivity index (χ1n) is 6.36. The highest BCUT2D eigenvalue weighted by atomic mass is 32.2. The number of hydrogen-bond acceptors (Lipinski definition) is 3. The number of hydrogen-bond donors (Lipinski definition) is 2. The van der Waals surface area contributed by atoms with Crippen LogP contribution in [-0.4, -0.2) is 29.1 Å². The lowest BCUT2D eigenvalue weighted by atomic mass is 10.0. The summed E-state index contributed by atoms with van der Waals surface area (Å²) < 4.78 is 0. The Balaban J connectivity index is 2.32. The number of nitrogens with one attached hydrogen (secondary N) is 1. The monoisotopic (exact) mass is 279 g/mol. The summed E-state index contributed by atoms with van der Waals surface area (Å²) in [5.41, 5.74) is 2.02. The zero-order chi connectivity index (χ0) is 14.1. The number of aliphatic carboxylic acids is 1. The average Bonchev–Trinajstić information content (AvgIpc) is 2.42. The predicted molar refractivity (Wildman–Crippen MR) is 81.7 cm³/mol. The molecule has 0 fully saturated rings. The van der Waals surface area contributed by atoms with Gasteiger partial charge in [0.25, 0.3) is 0 Å². The van der Waals surface area contributed by atoms with E-state index in [1.165, 1.54) is 5.56 Å². The fourth-order valence-electron chi connectivity index (χ4n) is 1.61. The number of rotatable bonds is 9. The Kier molecular flexibility index (Phi) is 7.30. The fraction of sp³-hybridized carbons (Fsp3) is 0.400. The molecular formula is C15H21NO2S. The highest BCUT2D eigenvalue weighted by Crippen LogP contribution is 2.15. The number of thioether (sulfide) groups is 1. The summed E-state index contributed by atoms with van der Waals surface area (Å²) in [4.78, 5) is 10.9. The minimum Gasteiger partial charge on any atom is -0.481 e. The van der Waals surface area contributed by atoms with E-state index in [4.69, 9.17) is 5.11 Å². The summed E-state index contributed by atoms with van der Waals surface area (Å²) in [6.07, 6.45) is 1.91. The molecule has 0 saturated carbocycles. The lowest BCUT2D eigenvalue weighted by molar-refractivity contribution is -0.138. The van der Waals surface area contributed by atoms with Crippen molar-refractivity contribution < 1.29 is 9.90 Å². The molecule has 0 aromatic heterocycles. The molecule has 0 heterocycles. The molecular weight excluding hydrogens is 258 g/mol. The third-order valence-electron chi connectivity index (χ3n) is 2.84. The van der Waals surface area contributed by atoms with Gasteiger partial charge in [0.15, 0.2) is 0 Å². The minimum atomic E-state index is -0.787. The lowest BCUT2D eigenvalue weighted by Crippen LogP contribution is -2.16. The molecule has 0 amide bonds. The summed E-state index contributed by atoms with van der Waals surface area (Å²) in [7, 11) is 0. The molecule has 2 N–H and O–H groups in total. The number of carboxylic acids is 1. The highest BCUT2D eigenvalue weighted by Gasteiger charge is 2.12. The minimum absolute atomic E-state index is 0.447. The van der Waals surface area contributed by atoms with Gasteiger partial charge in [-0.25, -0.2) is 0 Å². The van der Waals surface area contributed by atoms with Gasteiger partial charge in [-0.15, -0.1) is 6.58 Å². The Labute approximate surface area is 119 Å². The molecule has 0 spiro atoms. The fourth-order valence-corrected chi connectivity index (χ4v) is 2.23. The van der Waals surface area contributed by atoms with Crippen LogP contribution in [0.15, 0.2) is 36.9 Å². The van der Waals surface area contributed by atoms with E-state index in [-0.39, 0.29) is 0 Å². The van der Waals surface area contributed by atoms with Crippen LogP contribution in [0.25, 0.3) is 0 Å². The highest BCUT2D eigenvalue weighted by molar-refractivity contribution is 7.99. The largest absolute Gasteiger partial charge is 0.481 e. The van der Waals surface area contributed by atoms with E-state index in [0.29, 0.717) is 0 Å². The van der Waals surface area contributed by atoms with Crippen molar-refractivity contribution in [1.82, 2.24) is 5.32 Å². The quantitative estimate of drug-likeness (QED) is 0.539. The van der Waals surface area contributed by atoms with Gasteiger partial charge >= 0.3 is 5.97 Å². The van der Waals surface area contributed by atoms with E-state index in [9.17, 15) is 4.79 Å². The van der Waals surface area contributed by atoms with Crippen LogP contribution in [-0.2, 0) is 11.3 Å². The van der Waals surface area contributed by atoms with Crippen molar-refractivity contribution in [2.45, 2.75) is 19.4 Å². The summed E-state index contributed by atoms with van der Waals surface area (Å²) in [6, 6.07) is 7.75. The molecule has 104 valence electrons. The molecule has 0 radical (unpaired) electrons. The Hall–Kier alpha value is -1.26. The third-order valence-corrected chi connectivity index (χ3v) is 3.80. The van der Waals surface area contributed by atoms with Crippen molar-refractivity contribution >= 4 is 17.7 Å². The maximum atomic E-state index is 10.9. The molecule has 1 aromatic rings. The topological polar surface area (TPSA) is 49.3 Å². The molecule has 0 aliphatic heterocycles. The van der Waals surface area contributed by atoms with E-state index < -0.39 is 11.9 Å². The number of carboxylic acid groups (broad SMARTS) is 1. The van der Waals surface area contributed by atoms with Gasteiger partial charge in [0.05, 0.1) is 5.92 Å². The van der Waals surface area contributed by atoms with Gasteiger partial charge in [-0.2, -0.15) is 11.8 Å². The van der Waals surface area contributed by atoms with Gasteiger partial charge in [-0.3, -0.25) is 4.79 Å². The summed E-state index contributed by atoms with van der Waals surface area (Å²) in [5.74, 6) is 0.825. The second kappa shape index (κ2) is 8.77. The molecule has 0 aliphatic carbocycles. The van der Waals surface area contributed by atoms with E-state index in [2.05, 4.69) is 11.9 Å². The molecule has 1 atom stereocenters. The SMILES string of the molecule is C=CCSCCNCc1ccc(C(C)C(=O)O)cc1. The smallest absolute Gasteiger partial charge is 0.310 e. The van der Waals surface area contributed by atoms with Crippen molar-refractivity contribution in [2.24, 2.45) is 0 Å². The molecule has 4 heteroatoms. The van der Waals surface area contributed by atoms with Gasteiger partial charge in [-0.1, -0.05) is 30.3 Å². The zero-order valence-electron chi connectivity index (χ0n) is 11.3. The maximum Gasteiger partial charge on any atom is 0.310 e. The summed E-state index contributed by atoms with van der Waals surface area (Å²) in [6.45, 7) is 7.16. The first-order chi connectivity index (χ1) is 9.15. The molecule has 0 bridgehead atoms. The first kappa shape index (κ1) is 15.8. The average molecular weight is 279 g/mol.